The average molecular weight is 258 g/mol. The van der Waals surface area contributed by atoms with Gasteiger partial charge in [0.1, 0.15) is 17.7 Å². The van der Waals surface area contributed by atoms with E-state index in [1.54, 1.807) is 6.07 Å². The van der Waals surface area contributed by atoms with E-state index in [9.17, 15) is 9.50 Å². The van der Waals surface area contributed by atoms with Crippen LogP contribution in [0.15, 0.2) is 42.5 Å². The lowest BCUT2D eigenvalue weighted by Crippen LogP contribution is -2.19. The first-order chi connectivity index (χ1) is 9.15. The summed E-state index contributed by atoms with van der Waals surface area (Å²) in [5.74, 6) is 0.452. The molecule has 0 fully saturated rings. The highest BCUT2D eigenvalue weighted by molar-refractivity contribution is 5.39. The van der Waals surface area contributed by atoms with Gasteiger partial charge in [-0.1, -0.05) is 24.3 Å². The van der Waals surface area contributed by atoms with Crippen molar-refractivity contribution in [3.8, 4) is 5.75 Å². The van der Waals surface area contributed by atoms with Crippen LogP contribution in [0.5, 0.6) is 5.75 Å². The van der Waals surface area contributed by atoms with Crippen molar-refractivity contribution in [2.24, 2.45) is 0 Å². The molecule has 0 saturated heterocycles. The number of para-hydroxylation sites is 1. The zero-order chi connectivity index (χ0) is 13.4. The summed E-state index contributed by atoms with van der Waals surface area (Å²) in [5, 5.41) is 10.2. The molecule has 0 bridgehead atoms. The summed E-state index contributed by atoms with van der Waals surface area (Å²) in [7, 11) is 0. The third-order valence-electron chi connectivity index (χ3n) is 3.56. The minimum atomic E-state index is -0.542. The summed E-state index contributed by atoms with van der Waals surface area (Å²) in [4.78, 5) is 0. The predicted octanol–water partition coefficient (Wildman–Crippen LogP) is 3.69. The number of aliphatic hydroxyl groups is 1. The van der Waals surface area contributed by atoms with Crippen LogP contribution in [0.25, 0.3) is 0 Å². The molecule has 0 aromatic heterocycles. The van der Waals surface area contributed by atoms with Crippen molar-refractivity contribution in [1.29, 1.82) is 0 Å². The molecule has 2 aromatic rings. The number of ether oxygens (including phenoxy) is 1. The van der Waals surface area contributed by atoms with Gasteiger partial charge in [0, 0.05) is 12.0 Å². The van der Waals surface area contributed by atoms with Crippen molar-refractivity contribution in [3.05, 3.63) is 65.0 Å². The maximum absolute atomic E-state index is 13.1. The Morgan fingerprint density at radius 1 is 1.16 bits per heavy atom. The van der Waals surface area contributed by atoms with Gasteiger partial charge in [0.05, 0.1) is 6.10 Å². The Kier molecular flexibility index (Phi) is 2.99. The molecule has 0 spiro atoms. The van der Waals surface area contributed by atoms with Gasteiger partial charge in [-0.25, -0.2) is 4.39 Å². The van der Waals surface area contributed by atoms with Crippen molar-refractivity contribution in [3.63, 3.8) is 0 Å². The van der Waals surface area contributed by atoms with Gasteiger partial charge in [-0.3, -0.25) is 0 Å². The quantitative estimate of drug-likeness (QED) is 0.845. The fraction of sp³-hybridized carbons (Fsp3) is 0.250. The van der Waals surface area contributed by atoms with E-state index >= 15 is 0 Å². The van der Waals surface area contributed by atoms with Crippen LogP contribution < -0.4 is 4.74 Å². The maximum atomic E-state index is 13.1. The SMILES string of the molecule is Cc1cc(F)ccc1C1C[C@@H](O)c2ccccc2O1. The van der Waals surface area contributed by atoms with Crippen molar-refractivity contribution >= 4 is 0 Å². The summed E-state index contributed by atoms with van der Waals surface area (Å²) >= 11 is 0. The van der Waals surface area contributed by atoms with Crippen LogP contribution in [0.1, 0.15) is 35.3 Å². The summed E-state index contributed by atoms with van der Waals surface area (Å²) < 4.78 is 19.1. The Bertz CT molecular complexity index is 609. The lowest BCUT2D eigenvalue weighted by Gasteiger charge is -2.30. The second-order valence-corrected chi connectivity index (χ2v) is 4.90. The third kappa shape index (κ3) is 2.22. The molecule has 2 atom stereocenters. The van der Waals surface area contributed by atoms with Gasteiger partial charge in [-0.05, 0) is 36.2 Å². The van der Waals surface area contributed by atoms with Crippen LogP contribution in [0.4, 0.5) is 4.39 Å². The monoisotopic (exact) mass is 258 g/mol. The normalized spacial score (nSPS) is 21.6. The average Bonchev–Trinajstić information content (AvgIpc) is 2.38. The molecule has 0 amide bonds. The van der Waals surface area contributed by atoms with Crippen molar-refractivity contribution in [1.82, 2.24) is 0 Å². The van der Waals surface area contributed by atoms with E-state index in [-0.39, 0.29) is 11.9 Å². The van der Waals surface area contributed by atoms with Gasteiger partial charge in [0.25, 0.3) is 0 Å². The first-order valence-electron chi connectivity index (χ1n) is 6.35. The summed E-state index contributed by atoms with van der Waals surface area (Å²) in [6.07, 6.45) is -0.284. The standard InChI is InChI=1S/C16H15FO2/c1-10-8-11(17)6-7-12(10)16-9-14(18)13-4-2-3-5-15(13)19-16/h2-8,14,16,18H,9H2,1H3/t14-,16?/m1/s1. The van der Waals surface area contributed by atoms with Crippen LogP contribution in [0.2, 0.25) is 0 Å². The molecule has 1 aliphatic heterocycles. The smallest absolute Gasteiger partial charge is 0.127 e. The van der Waals surface area contributed by atoms with Crippen LogP contribution in [-0.4, -0.2) is 5.11 Å². The number of halogens is 1. The molecule has 1 aliphatic rings. The van der Waals surface area contributed by atoms with Gasteiger partial charge >= 0.3 is 0 Å². The predicted molar refractivity (Wildman–Crippen MR) is 70.5 cm³/mol. The second-order valence-electron chi connectivity index (χ2n) is 4.90. The first-order valence-corrected chi connectivity index (χ1v) is 6.35. The van der Waals surface area contributed by atoms with Crippen LogP contribution in [-0.2, 0) is 0 Å². The first kappa shape index (κ1) is 12.2. The van der Waals surface area contributed by atoms with Crippen LogP contribution in [0, 0.1) is 12.7 Å². The summed E-state index contributed by atoms with van der Waals surface area (Å²) in [6, 6.07) is 12.1. The van der Waals surface area contributed by atoms with E-state index in [2.05, 4.69) is 0 Å². The van der Waals surface area contributed by atoms with E-state index in [0.717, 1.165) is 16.7 Å². The van der Waals surface area contributed by atoms with Crippen LogP contribution >= 0.6 is 0 Å². The highest BCUT2D eigenvalue weighted by atomic mass is 19.1. The molecular weight excluding hydrogens is 243 g/mol. The number of rotatable bonds is 1. The molecular formula is C16H15FO2. The molecule has 0 aliphatic carbocycles. The van der Waals surface area contributed by atoms with Gasteiger partial charge in [-0.2, -0.15) is 0 Å². The number of hydrogen-bond donors (Lipinski definition) is 1. The Hall–Kier alpha value is -1.87. The molecule has 1 heterocycles. The molecule has 1 N–H and O–H groups in total. The minimum Gasteiger partial charge on any atom is -0.485 e. The van der Waals surface area contributed by atoms with Gasteiger partial charge in [-0.15, -0.1) is 0 Å². The van der Waals surface area contributed by atoms with E-state index in [0.29, 0.717) is 12.2 Å². The molecule has 3 heteroatoms. The summed E-state index contributed by atoms with van der Waals surface area (Å²) in [5.41, 5.74) is 2.59. The molecule has 2 nitrogen and oxygen atoms in total. The fourth-order valence-corrected chi connectivity index (χ4v) is 2.59. The maximum Gasteiger partial charge on any atom is 0.127 e. The number of fused-ring (bicyclic) bond motifs is 1. The fourth-order valence-electron chi connectivity index (χ4n) is 2.59. The highest BCUT2D eigenvalue weighted by Crippen LogP contribution is 2.41. The molecule has 19 heavy (non-hydrogen) atoms. The Morgan fingerprint density at radius 2 is 1.95 bits per heavy atom. The van der Waals surface area contributed by atoms with Crippen molar-refractivity contribution in [2.45, 2.75) is 25.6 Å². The number of benzene rings is 2. The topological polar surface area (TPSA) is 29.5 Å². The zero-order valence-corrected chi connectivity index (χ0v) is 10.6. The van der Waals surface area contributed by atoms with Crippen molar-refractivity contribution < 1.29 is 14.2 Å². The third-order valence-corrected chi connectivity index (χ3v) is 3.56. The van der Waals surface area contributed by atoms with E-state index < -0.39 is 6.10 Å². The zero-order valence-electron chi connectivity index (χ0n) is 10.6. The number of aliphatic hydroxyl groups excluding tert-OH is 1. The molecule has 2 aromatic carbocycles. The largest absolute Gasteiger partial charge is 0.485 e. The van der Waals surface area contributed by atoms with Crippen LogP contribution in [0.3, 0.4) is 0 Å². The lowest BCUT2D eigenvalue weighted by molar-refractivity contribution is 0.0654. The van der Waals surface area contributed by atoms with Gasteiger partial charge in [0.2, 0.25) is 0 Å². The molecule has 98 valence electrons. The lowest BCUT2D eigenvalue weighted by atomic mass is 9.93. The molecule has 0 radical (unpaired) electrons. The van der Waals surface area contributed by atoms with Gasteiger partial charge < -0.3 is 9.84 Å². The Morgan fingerprint density at radius 3 is 2.74 bits per heavy atom. The minimum absolute atomic E-state index is 0.231. The van der Waals surface area contributed by atoms with Crippen molar-refractivity contribution in [2.75, 3.05) is 0 Å². The summed E-state index contributed by atoms with van der Waals surface area (Å²) in [6.45, 7) is 1.86. The molecule has 1 unspecified atom stereocenters. The number of aryl methyl sites for hydroxylation is 1. The molecule has 0 saturated carbocycles. The van der Waals surface area contributed by atoms with E-state index in [1.165, 1.54) is 12.1 Å². The second kappa shape index (κ2) is 4.67. The van der Waals surface area contributed by atoms with E-state index in [4.69, 9.17) is 4.74 Å². The Labute approximate surface area is 111 Å². The Balaban J connectivity index is 1.97. The van der Waals surface area contributed by atoms with E-state index in [1.807, 2.05) is 31.2 Å². The molecule has 3 rings (SSSR count). The van der Waals surface area contributed by atoms with Gasteiger partial charge in [0.15, 0.2) is 0 Å². The number of hydrogen-bond acceptors (Lipinski definition) is 2. The highest BCUT2D eigenvalue weighted by Gasteiger charge is 2.28.